The summed E-state index contributed by atoms with van der Waals surface area (Å²) in [6, 6.07) is 6.15. The van der Waals surface area contributed by atoms with Crippen LogP contribution in [0.3, 0.4) is 0 Å². The van der Waals surface area contributed by atoms with Gasteiger partial charge in [0.05, 0.1) is 12.5 Å². The maximum absolute atomic E-state index is 12.8. The number of fused-ring (bicyclic) bond motifs is 3. The molecule has 0 saturated carbocycles. The number of benzene rings is 1. The van der Waals surface area contributed by atoms with Gasteiger partial charge in [-0.25, -0.2) is 4.79 Å². The number of hydrogen-bond donors (Lipinski definition) is 0. The normalized spacial score (nSPS) is 13.4. The Morgan fingerprint density at radius 2 is 1.81 bits per heavy atom. The Bertz CT molecular complexity index is 1200. The highest BCUT2D eigenvalue weighted by atomic mass is 16.4. The van der Waals surface area contributed by atoms with Gasteiger partial charge in [-0.3, -0.25) is 13.9 Å². The SMILES string of the molecule is Cc1cc(C)cc(N2CCn3c2nc2c3c(=O)n(CC(=O)[O-])c(=O)n2C)c1. The van der Waals surface area contributed by atoms with Crippen molar-refractivity contribution in [3.63, 3.8) is 0 Å². The van der Waals surface area contributed by atoms with Crippen LogP contribution in [0.15, 0.2) is 27.8 Å². The van der Waals surface area contributed by atoms with Crippen LogP contribution in [0.1, 0.15) is 11.1 Å². The summed E-state index contributed by atoms with van der Waals surface area (Å²) in [6.45, 7) is 4.37. The number of anilines is 2. The Kier molecular flexibility index (Phi) is 3.69. The molecule has 0 saturated heterocycles. The number of hydrogen-bond acceptors (Lipinski definition) is 6. The van der Waals surface area contributed by atoms with E-state index in [1.54, 1.807) is 4.57 Å². The van der Waals surface area contributed by atoms with Crippen molar-refractivity contribution in [2.75, 3.05) is 11.4 Å². The van der Waals surface area contributed by atoms with Crippen LogP contribution in [0.4, 0.5) is 11.6 Å². The predicted molar refractivity (Wildman–Crippen MR) is 97.2 cm³/mol. The molecular formula is C18H18N5O4-. The first-order valence-corrected chi connectivity index (χ1v) is 8.53. The van der Waals surface area contributed by atoms with Gasteiger partial charge in [0.2, 0.25) is 5.95 Å². The van der Waals surface area contributed by atoms with E-state index in [-0.39, 0.29) is 11.2 Å². The molecule has 3 heterocycles. The lowest BCUT2D eigenvalue weighted by molar-refractivity contribution is -0.306. The van der Waals surface area contributed by atoms with Crippen molar-refractivity contribution in [1.82, 2.24) is 18.7 Å². The number of aromatic nitrogens is 4. The van der Waals surface area contributed by atoms with Gasteiger partial charge in [-0.1, -0.05) is 6.07 Å². The molecule has 1 aliphatic heterocycles. The van der Waals surface area contributed by atoms with Gasteiger partial charge in [0, 0.05) is 25.8 Å². The molecule has 0 unspecified atom stereocenters. The van der Waals surface area contributed by atoms with Crippen LogP contribution < -0.4 is 21.3 Å². The minimum atomic E-state index is -1.49. The van der Waals surface area contributed by atoms with Gasteiger partial charge in [-0.15, -0.1) is 0 Å². The first-order valence-electron chi connectivity index (χ1n) is 8.53. The first kappa shape index (κ1) is 17.1. The minimum Gasteiger partial charge on any atom is -0.548 e. The highest BCUT2D eigenvalue weighted by Gasteiger charge is 2.28. The van der Waals surface area contributed by atoms with Crippen LogP contribution in [-0.2, 0) is 24.9 Å². The van der Waals surface area contributed by atoms with E-state index in [1.807, 2.05) is 30.9 Å². The summed E-state index contributed by atoms with van der Waals surface area (Å²) in [5, 5.41) is 10.9. The molecule has 0 aliphatic carbocycles. The molecule has 140 valence electrons. The lowest BCUT2D eigenvalue weighted by Gasteiger charge is -2.17. The molecule has 0 radical (unpaired) electrons. The van der Waals surface area contributed by atoms with Crippen LogP contribution in [0.2, 0.25) is 0 Å². The maximum Gasteiger partial charge on any atom is 0.332 e. The van der Waals surface area contributed by atoms with Gasteiger partial charge in [-0.05, 0) is 37.1 Å². The van der Waals surface area contributed by atoms with Crippen LogP contribution in [-0.4, -0.2) is 31.2 Å². The number of nitrogens with zero attached hydrogens (tertiary/aromatic N) is 5. The van der Waals surface area contributed by atoms with Gasteiger partial charge in [0.15, 0.2) is 11.2 Å². The van der Waals surface area contributed by atoms with Crippen molar-refractivity contribution in [2.45, 2.75) is 26.9 Å². The molecule has 1 aromatic carbocycles. The average Bonchev–Trinajstić information content (AvgIpc) is 3.14. The second-order valence-electron chi connectivity index (χ2n) is 6.84. The third kappa shape index (κ3) is 2.54. The van der Waals surface area contributed by atoms with Crippen LogP contribution in [0.25, 0.3) is 11.2 Å². The van der Waals surface area contributed by atoms with Crippen LogP contribution >= 0.6 is 0 Å². The summed E-state index contributed by atoms with van der Waals surface area (Å²) >= 11 is 0. The van der Waals surface area contributed by atoms with Crippen molar-refractivity contribution in [2.24, 2.45) is 7.05 Å². The molecule has 0 N–H and O–H groups in total. The van der Waals surface area contributed by atoms with Gasteiger partial charge >= 0.3 is 5.69 Å². The summed E-state index contributed by atoms with van der Waals surface area (Å²) in [6.07, 6.45) is 0. The van der Waals surface area contributed by atoms with E-state index in [2.05, 4.69) is 11.1 Å². The topological polar surface area (TPSA) is 105 Å². The molecular weight excluding hydrogens is 350 g/mol. The van der Waals surface area contributed by atoms with Crippen molar-refractivity contribution in [1.29, 1.82) is 0 Å². The molecule has 4 rings (SSSR count). The third-order valence-electron chi connectivity index (χ3n) is 4.81. The summed E-state index contributed by atoms with van der Waals surface area (Å²) in [4.78, 5) is 42.6. The van der Waals surface area contributed by atoms with Crippen molar-refractivity contribution < 1.29 is 9.90 Å². The van der Waals surface area contributed by atoms with E-state index in [0.29, 0.717) is 23.6 Å². The number of aliphatic carboxylic acids is 1. The van der Waals surface area contributed by atoms with E-state index in [0.717, 1.165) is 16.8 Å². The zero-order valence-corrected chi connectivity index (χ0v) is 15.2. The van der Waals surface area contributed by atoms with E-state index >= 15 is 0 Å². The number of aryl methyl sites for hydroxylation is 3. The van der Waals surface area contributed by atoms with Crippen molar-refractivity contribution in [3.8, 4) is 0 Å². The van der Waals surface area contributed by atoms with Crippen molar-refractivity contribution in [3.05, 3.63) is 50.2 Å². The minimum absolute atomic E-state index is 0.222. The second-order valence-corrected chi connectivity index (χ2v) is 6.84. The predicted octanol–water partition coefficient (Wildman–Crippen LogP) is -0.585. The Morgan fingerprint density at radius 3 is 2.44 bits per heavy atom. The summed E-state index contributed by atoms with van der Waals surface area (Å²) in [7, 11) is 1.47. The zero-order chi connectivity index (χ0) is 19.5. The zero-order valence-electron chi connectivity index (χ0n) is 15.2. The maximum atomic E-state index is 12.8. The molecule has 0 bridgehead atoms. The Hall–Kier alpha value is -3.36. The van der Waals surface area contributed by atoms with Gasteiger partial charge < -0.3 is 19.4 Å². The monoisotopic (exact) mass is 368 g/mol. The average molecular weight is 368 g/mol. The Morgan fingerprint density at radius 1 is 1.15 bits per heavy atom. The molecule has 0 spiro atoms. The van der Waals surface area contributed by atoms with E-state index in [9.17, 15) is 19.5 Å². The summed E-state index contributed by atoms with van der Waals surface area (Å²) in [5.74, 6) is -0.931. The number of carbonyl (C=O) groups excluding carboxylic acids is 1. The fraction of sp³-hybridized carbons (Fsp3) is 0.333. The van der Waals surface area contributed by atoms with E-state index in [4.69, 9.17) is 0 Å². The number of carboxylic acids is 1. The molecule has 3 aromatic rings. The summed E-state index contributed by atoms with van der Waals surface area (Å²) in [5.41, 5.74) is 2.25. The van der Waals surface area contributed by atoms with E-state index < -0.39 is 23.8 Å². The molecule has 27 heavy (non-hydrogen) atoms. The molecule has 1 aliphatic rings. The Balaban J connectivity index is 1.96. The highest BCUT2D eigenvalue weighted by molar-refractivity contribution is 5.78. The quantitative estimate of drug-likeness (QED) is 0.612. The fourth-order valence-electron chi connectivity index (χ4n) is 3.70. The fourth-order valence-corrected chi connectivity index (χ4v) is 3.70. The smallest absolute Gasteiger partial charge is 0.332 e. The highest BCUT2D eigenvalue weighted by Crippen LogP contribution is 2.32. The lowest BCUT2D eigenvalue weighted by Crippen LogP contribution is -2.44. The third-order valence-corrected chi connectivity index (χ3v) is 4.81. The van der Waals surface area contributed by atoms with Gasteiger partial charge in [0.1, 0.15) is 0 Å². The first-order chi connectivity index (χ1) is 12.8. The number of imidazole rings is 1. The lowest BCUT2D eigenvalue weighted by atomic mass is 10.1. The summed E-state index contributed by atoms with van der Waals surface area (Å²) < 4.78 is 3.61. The Labute approximate surface area is 153 Å². The van der Waals surface area contributed by atoms with Gasteiger partial charge in [-0.2, -0.15) is 4.98 Å². The van der Waals surface area contributed by atoms with Crippen molar-refractivity contribution >= 4 is 28.8 Å². The number of rotatable bonds is 3. The molecule has 0 amide bonds. The molecule has 0 fully saturated rings. The van der Waals surface area contributed by atoms with Crippen LogP contribution in [0, 0.1) is 13.8 Å². The molecule has 9 nitrogen and oxygen atoms in total. The van der Waals surface area contributed by atoms with Gasteiger partial charge in [0.25, 0.3) is 5.56 Å². The van der Waals surface area contributed by atoms with Crippen LogP contribution in [0.5, 0.6) is 0 Å². The standard InChI is InChI=1S/C18H19N5O4/c1-10-6-11(2)8-12(7-10)21-4-5-22-14-15(19-17(21)22)20(3)18(27)23(16(14)26)9-13(24)25/h6-8H,4-5,9H2,1-3H3,(H,24,25)/p-1. The van der Waals surface area contributed by atoms with E-state index in [1.165, 1.54) is 11.6 Å². The molecule has 0 atom stereocenters. The largest absolute Gasteiger partial charge is 0.548 e. The second kappa shape index (κ2) is 5.83. The number of carbonyl (C=O) groups is 1. The number of carboxylic acid groups (broad SMARTS) is 1. The molecule has 2 aromatic heterocycles. The molecule has 9 heteroatoms.